The molecule has 0 saturated carbocycles. The zero-order valence-corrected chi connectivity index (χ0v) is 8.10. The molecular weight excluding hydrogens is 172 g/mol. The molecule has 0 bridgehead atoms. The van der Waals surface area contributed by atoms with Crippen molar-refractivity contribution >= 4 is 11.6 Å². The van der Waals surface area contributed by atoms with Crippen molar-refractivity contribution in [1.29, 1.82) is 0 Å². The largest absolute Gasteiger partial charge is 0.388 e. The minimum atomic E-state index is -0.386. The first-order valence-electron chi connectivity index (χ1n) is 4.09. The Morgan fingerprint density at radius 2 is 2.17 bits per heavy atom. The maximum atomic E-state index is 9.49. The van der Waals surface area contributed by atoms with Crippen LogP contribution in [0, 0.1) is 6.92 Å². The average molecular weight is 185 g/mol. The Morgan fingerprint density at radius 3 is 2.67 bits per heavy atom. The molecule has 2 heteroatoms. The Hall–Kier alpha value is -0.530. The van der Waals surface area contributed by atoms with E-state index in [1.165, 1.54) is 0 Å². The van der Waals surface area contributed by atoms with Crippen molar-refractivity contribution in [3.63, 3.8) is 0 Å². The molecule has 0 unspecified atom stereocenters. The lowest BCUT2D eigenvalue weighted by Crippen LogP contribution is -1.94. The minimum absolute atomic E-state index is 0.386. The van der Waals surface area contributed by atoms with Gasteiger partial charge in [0.1, 0.15) is 0 Å². The van der Waals surface area contributed by atoms with Gasteiger partial charge in [-0.05, 0) is 30.5 Å². The summed E-state index contributed by atoms with van der Waals surface area (Å²) in [6.07, 6.45) is 0.336. The number of halogens is 1. The Kier molecular flexibility index (Phi) is 3.12. The second kappa shape index (κ2) is 3.92. The lowest BCUT2D eigenvalue weighted by atomic mass is 10.1. The number of benzene rings is 1. The van der Waals surface area contributed by atoms with Gasteiger partial charge in [-0.2, -0.15) is 0 Å². The van der Waals surface area contributed by atoms with E-state index in [1.807, 2.05) is 32.0 Å². The summed E-state index contributed by atoms with van der Waals surface area (Å²) in [5.74, 6) is 0. The minimum Gasteiger partial charge on any atom is -0.388 e. The number of aliphatic hydroxyl groups is 1. The van der Waals surface area contributed by atoms with Crippen molar-refractivity contribution in [1.82, 2.24) is 0 Å². The van der Waals surface area contributed by atoms with Crippen LogP contribution in [0.15, 0.2) is 18.2 Å². The number of hydrogen-bond acceptors (Lipinski definition) is 1. The van der Waals surface area contributed by atoms with E-state index < -0.39 is 0 Å². The summed E-state index contributed by atoms with van der Waals surface area (Å²) >= 11 is 5.90. The molecule has 0 aromatic heterocycles. The van der Waals surface area contributed by atoms with E-state index in [2.05, 4.69) is 0 Å². The Balaban J connectivity index is 2.96. The van der Waals surface area contributed by atoms with E-state index >= 15 is 0 Å². The monoisotopic (exact) mass is 184 g/mol. The highest BCUT2D eigenvalue weighted by Gasteiger charge is 2.05. The van der Waals surface area contributed by atoms with E-state index in [-0.39, 0.29) is 6.10 Å². The van der Waals surface area contributed by atoms with E-state index in [9.17, 15) is 5.11 Å². The van der Waals surface area contributed by atoms with E-state index in [0.717, 1.165) is 22.6 Å². The highest BCUT2D eigenvalue weighted by atomic mass is 35.5. The van der Waals surface area contributed by atoms with Gasteiger partial charge in [0.2, 0.25) is 0 Å². The smallest absolute Gasteiger partial charge is 0.0788 e. The molecule has 1 N–H and O–H groups in total. The number of aryl methyl sites for hydroxylation is 1. The van der Waals surface area contributed by atoms with Crippen molar-refractivity contribution in [3.05, 3.63) is 34.3 Å². The fourth-order valence-electron chi connectivity index (χ4n) is 1.05. The molecule has 0 saturated heterocycles. The standard InChI is InChI=1S/C10H13ClO/c1-3-10(12)8-5-4-7(2)9(11)6-8/h4-6,10,12H,3H2,1-2H3/t10-/m0/s1. The maximum Gasteiger partial charge on any atom is 0.0788 e. The van der Waals surface area contributed by atoms with Crippen LogP contribution in [-0.4, -0.2) is 5.11 Å². The third-order valence-corrected chi connectivity index (χ3v) is 2.37. The summed E-state index contributed by atoms with van der Waals surface area (Å²) in [4.78, 5) is 0. The second-order valence-electron chi connectivity index (χ2n) is 2.93. The fourth-order valence-corrected chi connectivity index (χ4v) is 1.24. The van der Waals surface area contributed by atoms with Crippen LogP contribution >= 0.6 is 11.6 Å². The quantitative estimate of drug-likeness (QED) is 0.749. The predicted octanol–water partition coefficient (Wildman–Crippen LogP) is 3.09. The number of hydrogen-bond donors (Lipinski definition) is 1. The van der Waals surface area contributed by atoms with Gasteiger partial charge in [-0.1, -0.05) is 30.7 Å². The molecule has 0 aliphatic carbocycles. The maximum absolute atomic E-state index is 9.49. The van der Waals surface area contributed by atoms with Gasteiger partial charge in [0.25, 0.3) is 0 Å². The zero-order chi connectivity index (χ0) is 9.14. The molecule has 0 aliphatic heterocycles. The summed E-state index contributed by atoms with van der Waals surface area (Å²) in [6, 6.07) is 5.66. The molecule has 1 nitrogen and oxygen atoms in total. The zero-order valence-electron chi connectivity index (χ0n) is 7.34. The van der Waals surface area contributed by atoms with Gasteiger partial charge in [0, 0.05) is 5.02 Å². The summed E-state index contributed by atoms with van der Waals surface area (Å²) < 4.78 is 0. The first-order chi connectivity index (χ1) is 5.65. The molecule has 1 rings (SSSR count). The lowest BCUT2D eigenvalue weighted by Gasteiger charge is -2.08. The molecule has 0 fully saturated rings. The Labute approximate surface area is 78.0 Å². The van der Waals surface area contributed by atoms with Gasteiger partial charge in [-0.3, -0.25) is 0 Å². The summed E-state index contributed by atoms with van der Waals surface area (Å²) in [7, 11) is 0. The summed E-state index contributed by atoms with van der Waals surface area (Å²) in [5, 5.41) is 10.2. The van der Waals surface area contributed by atoms with Crippen LogP contribution in [0.1, 0.15) is 30.6 Å². The third-order valence-electron chi connectivity index (χ3n) is 1.97. The Morgan fingerprint density at radius 1 is 1.50 bits per heavy atom. The van der Waals surface area contributed by atoms with Crippen LogP contribution in [0.5, 0.6) is 0 Å². The van der Waals surface area contributed by atoms with Crippen molar-refractivity contribution in [2.75, 3.05) is 0 Å². The highest BCUT2D eigenvalue weighted by molar-refractivity contribution is 6.31. The number of rotatable bonds is 2. The van der Waals surface area contributed by atoms with E-state index in [1.54, 1.807) is 0 Å². The molecule has 0 heterocycles. The summed E-state index contributed by atoms with van der Waals surface area (Å²) in [5.41, 5.74) is 1.94. The van der Waals surface area contributed by atoms with E-state index in [0.29, 0.717) is 0 Å². The van der Waals surface area contributed by atoms with Gasteiger partial charge in [0.05, 0.1) is 6.10 Å². The normalized spacial score (nSPS) is 13.0. The molecule has 0 aliphatic rings. The second-order valence-corrected chi connectivity index (χ2v) is 3.34. The van der Waals surface area contributed by atoms with Crippen molar-refractivity contribution in [2.24, 2.45) is 0 Å². The molecule has 12 heavy (non-hydrogen) atoms. The van der Waals surface area contributed by atoms with Gasteiger partial charge in [-0.15, -0.1) is 0 Å². The average Bonchev–Trinajstić information content (AvgIpc) is 2.08. The third kappa shape index (κ3) is 1.99. The van der Waals surface area contributed by atoms with Crippen molar-refractivity contribution in [2.45, 2.75) is 26.4 Å². The molecule has 1 aromatic carbocycles. The first-order valence-corrected chi connectivity index (χ1v) is 4.47. The van der Waals surface area contributed by atoms with Gasteiger partial charge in [0.15, 0.2) is 0 Å². The summed E-state index contributed by atoms with van der Waals surface area (Å²) in [6.45, 7) is 3.89. The van der Waals surface area contributed by atoms with Crippen LogP contribution in [0.4, 0.5) is 0 Å². The molecule has 66 valence electrons. The predicted molar refractivity (Wildman–Crippen MR) is 51.4 cm³/mol. The van der Waals surface area contributed by atoms with Crippen LogP contribution in [0.25, 0.3) is 0 Å². The fraction of sp³-hybridized carbons (Fsp3) is 0.400. The Bertz CT molecular complexity index is 271. The molecule has 0 radical (unpaired) electrons. The molecule has 0 amide bonds. The molecular formula is C10H13ClO. The van der Waals surface area contributed by atoms with Gasteiger partial charge in [-0.25, -0.2) is 0 Å². The van der Waals surface area contributed by atoms with Crippen LogP contribution < -0.4 is 0 Å². The highest BCUT2D eigenvalue weighted by Crippen LogP contribution is 2.22. The molecule has 1 aromatic rings. The molecule has 0 spiro atoms. The van der Waals surface area contributed by atoms with Gasteiger partial charge >= 0.3 is 0 Å². The van der Waals surface area contributed by atoms with Crippen LogP contribution in [-0.2, 0) is 0 Å². The van der Waals surface area contributed by atoms with Crippen molar-refractivity contribution < 1.29 is 5.11 Å². The van der Waals surface area contributed by atoms with Crippen LogP contribution in [0.2, 0.25) is 5.02 Å². The van der Waals surface area contributed by atoms with E-state index in [4.69, 9.17) is 11.6 Å². The molecule has 1 atom stereocenters. The topological polar surface area (TPSA) is 20.2 Å². The first kappa shape index (κ1) is 9.56. The van der Waals surface area contributed by atoms with Crippen molar-refractivity contribution in [3.8, 4) is 0 Å². The van der Waals surface area contributed by atoms with Gasteiger partial charge < -0.3 is 5.11 Å². The SMILES string of the molecule is CC[C@H](O)c1ccc(C)c(Cl)c1. The van der Waals surface area contributed by atoms with Crippen LogP contribution in [0.3, 0.4) is 0 Å². The lowest BCUT2D eigenvalue weighted by molar-refractivity contribution is 0.173. The number of aliphatic hydroxyl groups excluding tert-OH is 1.